The Bertz CT molecular complexity index is 693. The molecule has 0 heterocycles. The number of carbonyl (C=O) groups excluding carboxylic acids is 2. The van der Waals surface area contributed by atoms with Crippen LogP contribution in [0, 0.1) is 11.3 Å². The average Bonchev–Trinajstić information content (AvgIpc) is 3.00. The van der Waals surface area contributed by atoms with Gasteiger partial charge >= 0.3 is 0 Å². The fraction of sp³-hybridized carbons (Fsp3) is 0.854. The Hall–Kier alpha value is -1.22. The van der Waals surface area contributed by atoms with Crippen LogP contribution < -0.4 is 6.15 Å². The number of carbonyl (C=O) groups is 2. The molecule has 0 fully saturated rings. The number of unbranched alkanes of at least 4 members (excludes halogenated alkanes) is 22. The maximum atomic E-state index is 13.0. The second-order valence-electron chi connectivity index (χ2n) is 14.0. The molecular weight excluding hydrogens is 538 g/mol. The molecule has 3 N–H and O–H groups in total. The minimum Gasteiger partial charge on any atom is -0.344 e. The van der Waals surface area contributed by atoms with Crippen molar-refractivity contribution in [1.82, 2.24) is 6.15 Å². The van der Waals surface area contributed by atoms with Crippen molar-refractivity contribution in [3.8, 4) is 0 Å². The second-order valence-corrected chi connectivity index (χ2v) is 14.0. The lowest BCUT2D eigenvalue weighted by molar-refractivity contribution is -0.137. The van der Waals surface area contributed by atoms with Crippen molar-refractivity contribution in [1.29, 1.82) is 0 Å². The van der Waals surface area contributed by atoms with Crippen LogP contribution in [0.15, 0.2) is 24.3 Å². The summed E-state index contributed by atoms with van der Waals surface area (Å²) in [6, 6.07) is 0. The van der Waals surface area contributed by atoms with Gasteiger partial charge in [-0.15, -0.1) is 0 Å². The Balaban J connectivity index is 0. The summed E-state index contributed by atoms with van der Waals surface area (Å²) >= 11 is 0. The molecule has 1 atom stereocenters. The summed E-state index contributed by atoms with van der Waals surface area (Å²) in [5, 5.41) is 0. The first-order chi connectivity index (χ1) is 20.9. The molecule has 0 spiro atoms. The molecule has 0 aromatic carbocycles. The van der Waals surface area contributed by atoms with Crippen molar-refractivity contribution in [2.45, 2.75) is 214 Å². The Morgan fingerprint density at radius 1 is 0.477 bits per heavy atom. The van der Waals surface area contributed by atoms with Crippen molar-refractivity contribution >= 4 is 11.6 Å². The molecule has 0 aliphatic heterocycles. The zero-order valence-corrected chi connectivity index (χ0v) is 30.7. The Morgan fingerprint density at radius 2 is 0.773 bits per heavy atom. The Labute approximate surface area is 276 Å². The Morgan fingerprint density at radius 3 is 1.14 bits per heavy atom. The van der Waals surface area contributed by atoms with E-state index in [4.69, 9.17) is 0 Å². The van der Waals surface area contributed by atoms with Crippen LogP contribution in [-0.2, 0) is 9.59 Å². The second kappa shape index (κ2) is 33.2. The monoisotopic (exact) mass is 618 g/mol. The van der Waals surface area contributed by atoms with Gasteiger partial charge in [-0.1, -0.05) is 162 Å². The van der Waals surface area contributed by atoms with Crippen LogP contribution in [0.4, 0.5) is 0 Å². The van der Waals surface area contributed by atoms with Gasteiger partial charge in [0, 0.05) is 24.2 Å². The highest BCUT2D eigenvalue weighted by Crippen LogP contribution is 2.32. The third-order valence-corrected chi connectivity index (χ3v) is 9.63. The quantitative estimate of drug-likeness (QED) is 0.0588. The predicted molar refractivity (Wildman–Crippen MR) is 197 cm³/mol. The van der Waals surface area contributed by atoms with Crippen molar-refractivity contribution in [2.75, 3.05) is 0 Å². The zero-order chi connectivity index (χ0) is 31.9. The number of ketones is 2. The number of Topliss-reactive ketones (excluding diaryl/α,β-unsaturated/α-hetero) is 2. The maximum Gasteiger partial charge on any atom is 0.139 e. The third kappa shape index (κ3) is 27.1. The lowest BCUT2D eigenvalue weighted by Crippen LogP contribution is -2.36. The smallest absolute Gasteiger partial charge is 0.139 e. The minimum atomic E-state index is -0.542. The fourth-order valence-corrected chi connectivity index (χ4v) is 5.91. The van der Waals surface area contributed by atoms with Crippen LogP contribution in [0.5, 0.6) is 0 Å². The van der Waals surface area contributed by atoms with E-state index in [1.54, 1.807) is 0 Å². The van der Waals surface area contributed by atoms with Gasteiger partial charge in [-0.05, 0) is 64.2 Å². The van der Waals surface area contributed by atoms with Crippen LogP contribution in [0.1, 0.15) is 214 Å². The van der Waals surface area contributed by atoms with Gasteiger partial charge in [-0.25, -0.2) is 0 Å². The molecule has 0 saturated carbocycles. The van der Waals surface area contributed by atoms with Crippen molar-refractivity contribution in [3.63, 3.8) is 0 Å². The van der Waals surface area contributed by atoms with Gasteiger partial charge in [0.05, 0.1) is 0 Å². The van der Waals surface area contributed by atoms with Crippen LogP contribution in [0.2, 0.25) is 0 Å². The van der Waals surface area contributed by atoms with E-state index in [0.717, 1.165) is 25.7 Å². The van der Waals surface area contributed by atoms with Gasteiger partial charge in [-0.3, -0.25) is 9.59 Å². The average molecular weight is 618 g/mol. The molecular formula is C41H79NO2. The van der Waals surface area contributed by atoms with Crippen molar-refractivity contribution < 1.29 is 9.59 Å². The van der Waals surface area contributed by atoms with E-state index in [-0.39, 0.29) is 23.6 Å². The highest BCUT2D eigenvalue weighted by Gasteiger charge is 2.36. The van der Waals surface area contributed by atoms with E-state index in [0.29, 0.717) is 12.8 Å². The van der Waals surface area contributed by atoms with Crippen LogP contribution in [-0.4, -0.2) is 11.6 Å². The van der Waals surface area contributed by atoms with Gasteiger partial charge in [-0.2, -0.15) is 0 Å². The third-order valence-electron chi connectivity index (χ3n) is 9.63. The summed E-state index contributed by atoms with van der Waals surface area (Å²) in [7, 11) is 0. The summed E-state index contributed by atoms with van der Waals surface area (Å²) < 4.78 is 0. The first-order valence-corrected chi connectivity index (χ1v) is 19.2. The van der Waals surface area contributed by atoms with Gasteiger partial charge in [0.15, 0.2) is 0 Å². The maximum absolute atomic E-state index is 13.0. The highest BCUT2D eigenvalue weighted by molar-refractivity contribution is 5.91. The standard InChI is InChI=1S/C41H76O2.H3N/c1-6-8-10-12-14-16-18-20-22-24-26-28-30-32-34-36-39(42)38(3)41(4,5)40(43)37-35-33-31-29-27-25-23-21-19-17-15-13-11-9-7-2;/h20-23,38H,6-19,24-37H2,1-5H3;1H3/b22-20-,23-21-;. The molecule has 0 aliphatic carbocycles. The SMILES string of the molecule is CCCCCCCC/C=C\CCCCCCCC(=O)C(C)C(C)(C)C(=O)CCCCCCC/C=C\CCCCCCCC.N. The summed E-state index contributed by atoms with van der Waals surface area (Å²) in [5.41, 5.74) is -0.542. The molecule has 0 aromatic rings. The molecule has 3 nitrogen and oxygen atoms in total. The predicted octanol–water partition coefficient (Wildman–Crippen LogP) is 14.0. The number of allylic oxidation sites excluding steroid dienone is 4. The first-order valence-electron chi connectivity index (χ1n) is 19.2. The summed E-state index contributed by atoms with van der Waals surface area (Å²) in [6.45, 7) is 10.5. The molecule has 1 unspecified atom stereocenters. The molecule has 0 aromatic heterocycles. The molecule has 0 rings (SSSR count). The molecule has 0 radical (unpaired) electrons. The minimum absolute atomic E-state index is 0. The van der Waals surface area contributed by atoms with E-state index >= 15 is 0 Å². The van der Waals surface area contributed by atoms with Gasteiger partial charge < -0.3 is 6.15 Å². The lowest BCUT2D eigenvalue weighted by Gasteiger charge is -2.29. The van der Waals surface area contributed by atoms with E-state index in [2.05, 4.69) is 38.2 Å². The van der Waals surface area contributed by atoms with E-state index < -0.39 is 5.41 Å². The molecule has 0 amide bonds. The largest absolute Gasteiger partial charge is 0.344 e. The molecule has 0 bridgehead atoms. The number of rotatable bonds is 33. The topological polar surface area (TPSA) is 69.1 Å². The normalized spacial score (nSPS) is 12.7. The summed E-state index contributed by atoms with van der Waals surface area (Å²) in [4.78, 5) is 25.9. The molecule has 3 heteroatoms. The van der Waals surface area contributed by atoms with Gasteiger partial charge in [0.25, 0.3) is 0 Å². The fourth-order valence-electron chi connectivity index (χ4n) is 5.91. The number of hydrogen-bond acceptors (Lipinski definition) is 3. The van der Waals surface area contributed by atoms with Gasteiger partial charge in [0.1, 0.15) is 11.6 Å². The molecule has 0 saturated heterocycles. The van der Waals surface area contributed by atoms with E-state index in [9.17, 15) is 9.59 Å². The van der Waals surface area contributed by atoms with Gasteiger partial charge in [0.2, 0.25) is 0 Å². The van der Waals surface area contributed by atoms with Crippen LogP contribution in [0.3, 0.4) is 0 Å². The molecule has 0 aliphatic rings. The highest BCUT2D eigenvalue weighted by atomic mass is 16.1. The molecule has 44 heavy (non-hydrogen) atoms. The lowest BCUT2D eigenvalue weighted by atomic mass is 9.72. The summed E-state index contributed by atoms with van der Waals surface area (Å²) in [5.74, 6) is 0.371. The first kappa shape index (κ1) is 44.9. The summed E-state index contributed by atoms with van der Waals surface area (Å²) in [6.07, 6.45) is 43.7. The Kier molecular flexibility index (Phi) is 33.8. The van der Waals surface area contributed by atoms with Crippen molar-refractivity contribution in [3.05, 3.63) is 24.3 Å². The van der Waals surface area contributed by atoms with E-state index in [1.165, 1.54) is 141 Å². The van der Waals surface area contributed by atoms with E-state index in [1.807, 2.05) is 20.8 Å². The van der Waals surface area contributed by atoms with Crippen LogP contribution in [0.25, 0.3) is 0 Å². The zero-order valence-electron chi connectivity index (χ0n) is 30.7. The van der Waals surface area contributed by atoms with Crippen LogP contribution >= 0.6 is 0 Å². The number of hydrogen-bond donors (Lipinski definition) is 1. The van der Waals surface area contributed by atoms with Crippen molar-refractivity contribution in [2.24, 2.45) is 11.3 Å². The molecule has 260 valence electrons.